The normalized spacial score (nSPS) is 19.0. The second-order valence-electron chi connectivity index (χ2n) is 7.53. The number of hydrogen-bond donors (Lipinski definition) is 0. The van der Waals surface area contributed by atoms with E-state index in [1.54, 1.807) is 0 Å². The number of rotatable bonds is 4. The summed E-state index contributed by atoms with van der Waals surface area (Å²) in [7, 11) is 0. The first-order valence-electron chi connectivity index (χ1n) is 8.54. The summed E-state index contributed by atoms with van der Waals surface area (Å²) in [5, 5.41) is 0. The van der Waals surface area contributed by atoms with Gasteiger partial charge in [-0.25, -0.2) is 0 Å². The molecule has 1 saturated heterocycles. The fourth-order valence-electron chi connectivity index (χ4n) is 3.11. The third kappa shape index (κ3) is 4.35. The Hall–Kier alpha value is -1.80. The highest BCUT2D eigenvalue weighted by Gasteiger charge is 2.24. The minimum absolute atomic E-state index is 0.161. The summed E-state index contributed by atoms with van der Waals surface area (Å²) < 4.78 is 6.24. The summed E-state index contributed by atoms with van der Waals surface area (Å²) in [6.45, 7) is 9.85. The summed E-state index contributed by atoms with van der Waals surface area (Å²) in [6, 6.07) is 19.2. The zero-order valence-corrected chi connectivity index (χ0v) is 14.5. The van der Waals surface area contributed by atoms with Gasteiger partial charge in [0, 0.05) is 19.6 Å². The van der Waals surface area contributed by atoms with Crippen LogP contribution in [0.15, 0.2) is 54.6 Å². The van der Waals surface area contributed by atoms with Crippen molar-refractivity contribution < 1.29 is 4.74 Å². The van der Waals surface area contributed by atoms with Crippen LogP contribution in [0.4, 0.5) is 0 Å². The molecular formula is C21H27NO. The van der Waals surface area contributed by atoms with Gasteiger partial charge in [0.15, 0.2) is 0 Å². The molecule has 0 aliphatic carbocycles. The van der Waals surface area contributed by atoms with Crippen molar-refractivity contribution in [2.75, 3.05) is 13.1 Å². The van der Waals surface area contributed by atoms with Crippen molar-refractivity contribution in [2.24, 2.45) is 0 Å². The lowest BCUT2D eigenvalue weighted by Gasteiger charge is -2.21. The molecule has 1 heterocycles. The Kier molecular flexibility index (Phi) is 4.72. The highest BCUT2D eigenvalue weighted by Crippen LogP contribution is 2.27. The zero-order chi connectivity index (χ0) is 16.3. The van der Waals surface area contributed by atoms with Crippen molar-refractivity contribution in [3.63, 3.8) is 0 Å². The molecule has 0 saturated carbocycles. The first-order valence-corrected chi connectivity index (χ1v) is 8.54. The van der Waals surface area contributed by atoms with Gasteiger partial charge in [0.2, 0.25) is 0 Å². The van der Waals surface area contributed by atoms with Gasteiger partial charge < -0.3 is 4.74 Å². The lowest BCUT2D eigenvalue weighted by atomic mass is 9.87. The maximum atomic E-state index is 6.24. The summed E-state index contributed by atoms with van der Waals surface area (Å²) >= 11 is 0. The Morgan fingerprint density at radius 1 is 1.04 bits per heavy atom. The van der Waals surface area contributed by atoms with E-state index >= 15 is 0 Å². The van der Waals surface area contributed by atoms with Crippen molar-refractivity contribution in [3.05, 3.63) is 65.7 Å². The maximum Gasteiger partial charge on any atom is 0.120 e. The molecule has 2 aromatic rings. The average Bonchev–Trinajstić information content (AvgIpc) is 2.95. The molecule has 23 heavy (non-hydrogen) atoms. The molecule has 0 aromatic heterocycles. The molecule has 2 aromatic carbocycles. The van der Waals surface area contributed by atoms with Gasteiger partial charge >= 0.3 is 0 Å². The van der Waals surface area contributed by atoms with Gasteiger partial charge in [-0.2, -0.15) is 0 Å². The van der Waals surface area contributed by atoms with Crippen LogP contribution in [0.5, 0.6) is 5.75 Å². The zero-order valence-electron chi connectivity index (χ0n) is 14.5. The summed E-state index contributed by atoms with van der Waals surface area (Å²) in [5.74, 6) is 1.00. The molecule has 1 aliphatic heterocycles. The van der Waals surface area contributed by atoms with Crippen molar-refractivity contribution >= 4 is 0 Å². The molecule has 122 valence electrons. The number of nitrogens with zero attached hydrogens (tertiary/aromatic N) is 1. The molecule has 0 N–H and O–H groups in total. The van der Waals surface area contributed by atoms with Crippen LogP contribution in [0, 0.1) is 0 Å². The number of likely N-dealkylation sites (tertiary alicyclic amines) is 1. The Balaban J connectivity index is 1.58. The molecule has 3 rings (SSSR count). The second kappa shape index (κ2) is 6.76. The average molecular weight is 309 g/mol. The van der Waals surface area contributed by atoms with Gasteiger partial charge in [-0.05, 0) is 35.1 Å². The molecule has 1 aliphatic rings. The van der Waals surface area contributed by atoms with Crippen LogP contribution in [0.25, 0.3) is 0 Å². The van der Waals surface area contributed by atoms with Crippen molar-refractivity contribution in [1.29, 1.82) is 0 Å². The van der Waals surface area contributed by atoms with Gasteiger partial charge in [0.25, 0.3) is 0 Å². The third-order valence-electron chi connectivity index (χ3n) is 4.48. The van der Waals surface area contributed by atoms with E-state index in [-0.39, 0.29) is 5.41 Å². The topological polar surface area (TPSA) is 12.5 Å². The molecule has 1 atom stereocenters. The Bertz CT molecular complexity index is 630. The minimum atomic E-state index is 0.161. The van der Waals surface area contributed by atoms with E-state index in [1.807, 2.05) is 0 Å². The molecule has 0 radical (unpaired) electrons. The van der Waals surface area contributed by atoms with Crippen molar-refractivity contribution in [3.8, 4) is 5.75 Å². The van der Waals surface area contributed by atoms with Gasteiger partial charge in [-0.3, -0.25) is 4.90 Å². The van der Waals surface area contributed by atoms with Gasteiger partial charge in [0.05, 0.1) is 0 Å². The van der Waals surface area contributed by atoms with Crippen LogP contribution >= 0.6 is 0 Å². The molecule has 0 amide bonds. The largest absolute Gasteiger partial charge is 0.489 e. The van der Waals surface area contributed by atoms with E-state index in [9.17, 15) is 0 Å². The SMILES string of the molecule is CC(C)(C)c1cccc(O[C@@H]2CCN(Cc3ccccc3)C2)c1. The third-order valence-corrected chi connectivity index (χ3v) is 4.48. The van der Waals surface area contributed by atoms with E-state index in [0.717, 1.165) is 31.8 Å². The number of benzene rings is 2. The Morgan fingerprint density at radius 3 is 2.57 bits per heavy atom. The van der Waals surface area contributed by atoms with E-state index in [1.165, 1.54) is 11.1 Å². The van der Waals surface area contributed by atoms with E-state index in [0.29, 0.717) is 6.10 Å². The quantitative estimate of drug-likeness (QED) is 0.816. The number of hydrogen-bond acceptors (Lipinski definition) is 2. The van der Waals surface area contributed by atoms with Crippen LogP contribution in [0.3, 0.4) is 0 Å². The minimum Gasteiger partial charge on any atom is -0.489 e. The predicted molar refractivity (Wildman–Crippen MR) is 95.9 cm³/mol. The smallest absolute Gasteiger partial charge is 0.120 e. The molecule has 0 bridgehead atoms. The van der Waals surface area contributed by atoms with E-state index in [4.69, 9.17) is 4.74 Å². The van der Waals surface area contributed by atoms with Gasteiger partial charge in [0.1, 0.15) is 11.9 Å². The standard InChI is InChI=1S/C21H27NO/c1-21(2,3)18-10-7-11-19(14-18)23-20-12-13-22(16-20)15-17-8-5-4-6-9-17/h4-11,14,20H,12-13,15-16H2,1-3H3/t20-/m1/s1. The van der Waals surface area contributed by atoms with Crippen LogP contribution in [-0.4, -0.2) is 24.1 Å². The van der Waals surface area contributed by atoms with Crippen LogP contribution in [-0.2, 0) is 12.0 Å². The van der Waals surface area contributed by atoms with Crippen LogP contribution < -0.4 is 4.74 Å². The Labute approximate surface area is 140 Å². The van der Waals surface area contributed by atoms with Crippen molar-refractivity contribution in [1.82, 2.24) is 4.90 Å². The van der Waals surface area contributed by atoms with E-state index < -0.39 is 0 Å². The highest BCUT2D eigenvalue weighted by atomic mass is 16.5. The highest BCUT2D eigenvalue weighted by molar-refractivity contribution is 5.32. The van der Waals surface area contributed by atoms with E-state index in [2.05, 4.69) is 80.3 Å². The summed E-state index contributed by atoms with van der Waals surface area (Å²) in [4.78, 5) is 2.48. The Morgan fingerprint density at radius 2 is 1.83 bits per heavy atom. The summed E-state index contributed by atoms with van der Waals surface area (Å²) in [6.07, 6.45) is 1.40. The molecule has 2 heteroatoms. The first-order chi connectivity index (χ1) is 11.0. The lowest BCUT2D eigenvalue weighted by molar-refractivity contribution is 0.198. The predicted octanol–water partition coefficient (Wildman–Crippen LogP) is 4.64. The van der Waals surface area contributed by atoms with Gasteiger partial charge in [-0.1, -0.05) is 63.2 Å². The molecule has 0 unspecified atom stereocenters. The second-order valence-corrected chi connectivity index (χ2v) is 7.53. The molecule has 2 nitrogen and oxygen atoms in total. The van der Waals surface area contributed by atoms with Crippen LogP contribution in [0.2, 0.25) is 0 Å². The lowest BCUT2D eigenvalue weighted by Crippen LogP contribution is -2.24. The first kappa shape index (κ1) is 16.1. The fraction of sp³-hybridized carbons (Fsp3) is 0.429. The number of ether oxygens (including phenoxy) is 1. The fourth-order valence-corrected chi connectivity index (χ4v) is 3.11. The molecular weight excluding hydrogens is 282 g/mol. The molecule has 1 fully saturated rings. The van der Waals surface area contributed by atoms with Crippen LogP contribution in [0.1, 0.15) is 38.3 Å². The maximum absolute atomic E-state index is 6.24. The van der Waals surface area contributed by atoms with Crippen molar-refractivity contribution in [2.45, 2.75) is 45.3 Å². The monoisotopic (exact) mass is 309 g/mol. The summed E-state index contributed by atoms with van der Waals surface area (Å²) in [5.41, 5.74) is 2.87. The molecule has 0 spiro atoms. The van der Waals surface area contributed by atoms with Gasteiger partial charge in [-0.15, -0.1) is 0 Å².